The lowest BCUT2D eigenvalue weighted by Crippen LogP contribution is -2.47. The molecule has 0 fully saturated rings. The Kier molecular flexibility index (Phi) is 4.37. The van der Waals surface area contributed by atoms with Crippen LogP contribution in [0.1, 0.15) is 20.7 Å². The van der Waals surface area contributed by atoms with Crippen LogP contribution in [0.5, 0.6) is 0 Å². The average molecular weight is 373 g/mol. The van der Waals surface area contributed by atoms with Gasteiger partial charge in [0.2, 0.25) is 0 Å². The van der Waals surface area contributed by atoms with Gasteiger partial charge in [-0.15, -0.1) is 0 Å². The Balaban J connectivity index is 2.71. The van der Waals surface area contributed by atoms with Gasteiger partial charge in [0, 0.05) is 0 Å². The van der Waals surface area contributed by atoms with Crippen molar-refractivity contribution in [3.05, 3.63) is 31.2 Å². The Hall–Kier alpha value is -1.05. The molecule has 21 heavy (non-hydrogen) atoms. The first-order chi connectivity index (χ1) is 9.73. The summed E-state index contributed by atoms with van der Waals surface area (Å²) in [5, 5.41) is 17.0. The molecule has 2 rings (SSSR count). The van der Waals surface area contributed by atoms with Crippen LogP contribution in [-0.2, 0) is 4.79 Å². The topological polar surface area (TPSA) is 94.9 Å². The average Bonchev–Trinajstić information content (AvgIpc) is 2.68. The number of aliphatic hydroxyl groups excluding tert-OH is 1. The smallest absolute Gasteiger partial charge is 0.329 e. The highest BCUT2D eigenvalue weighted by molar-refractivity contribution is 6.55. The van der Waals surface area contributed by atoms with Crippen molar-refractivity contribution in [2.75, 3.05) is 6.61 Å². The predicted molar refractivity (Wildman–Crippen MR) is 75.5 cm³/mol. The maximum absolute atomic E-state index is 12.2. The van der Waals surface area contributed by atoms with Crippen LogP contribution in [-0.4, -0.2) is 45.5 Å². The molecule has 2 amide bonds. The van der Waals surface area contributed by atoms with Crippen LogP contribution in [0.25, 0.3) is 0 Å². The number of benzene rings is 1. The molecule has 0 saturated carbocycles. The first-order valence-electron chi connectivity index (χ1n) is 5.31. The molecular formula is C11H5Cl4NO5. The monoisotopic (exact) mass is 371 g/mol. The molecule has 0 aliphatic carbocycles. The van der Waals surface area contributed by atoms with E-state index in [1.165, 1.54) is 0 Å². The maximum Gasteiger partial charge on any atom is 0.329 e. The summed E-state index contributed by atoms with van der Waals surface area (Å²) in [6, 6.07) is -1.76. The van der Waals surface area contributed by atoms with Crippen LogP contribution in [0, 0.1) is 0 Å². The summed E-state index contributed by atoms with van der Waals surface area (Å²) in [4.78, 5) is 35.9. The van der Waals surface area contributed by atoms with Crippen LogP contribution in [0.15, 0.2) is 0 Å². The second-order valence-electron chi connectivity index (χ2n) is 4.02. The SMILES string of the molecule is O=C(O)C(CO)N1C(=O)c2c(Cl)c(Cl)c(Cl)c(Cl)c2C1=O. The Morgan fingerprint density at radius 1 is 0.952 bits per heavy atom. The zero-order chi connectivity index (χ0) is 16.1. The van der Waals surface area contributed by atoms with E-state index in [9.17, 15) is 14.4 Å². The number of fused-ring (bicyclic) bond motifs is 1. The minimum Gasteiger partial charge on any atom is -0.480 e. The van der Waals surface area contributed by atoms with Crippen molar-refractivity contribution in [1.82, 2.24) is 4.90 Å². The second-order valence-corrected chi connectivity index (χ2v) is 5.53. The van der Waals surface area contributed by atoms with Gasteiger partial charge in [-0.3, -0.25) is 14.5 Å². The molecule has 1 aromatic rings. The number of imide groups is 1. The molecule has 1 atom stereocenters. The van der Waals surface area contributed by atoms with Crippen molar-refractivity contribution in [3.8, 4) is 0 Å². The van der Waals surface area contributed by atoms with Gasteiger partial charge < -0.3 is 10.2 Å². The molecule has 112 valence electrons. The standard InChI is InChI=1S/C11H5Cl4NO5/c12-5-3-4(6(13)8(15)7(5)14)10(19)16(9(3)18)2(1-17)11(20)21/h2,17H,1H2,(H,20,21). The number of hydrogen-bond acceptors (Lipinski definition) is 4. The van der Waals surface area contributed by atoms with E-state index in [-0.39, 0.29) is 31.2 Å². The summed E-state index contributed by atoms with van der Waals surface area (Å²) in [5.74, 6) is -3.58. The van der Waals surface area contributed by atoms with Gasteiger partial charge >= 0.3 is 5.97 Å². The lowest BCUT2D eigenvalue weighted by Gasteiger charge is -2.20. The summed E-state index contributed by atoms with van der Waals surface area (Å²) >= 11 is 23.4. The first kappa shape index (κ1) is 16.3. The molecule has 1 aliphatic heterocycles. The lowest BCUT2D eigenvalue weighted by atomic mass is 10.1. The fraction of sp³-hybridized carbons (Fsp3) is 0.182. The number of amides is 2. The van der Waals surface area contributed by atoms with E-state index < -0.39 is 30.4 Å². The van der Waals surface area contributed by atoms with E-state index in [0.29, 0.717) is 4.90 Å². The summed E-state index contributed by atoms with van der Waals surface area (Å²) in [5.41, 5.74) is -0.665. The number of carboxylic acid groups (broad SMARTS) is 1. The maximum atomic E-state index is 12.2. The number of rotatable bonds is 3. The Labute approximate surface area is 137 Å². The molecule has 0 radical (unpaired) electrons. The van der Waals surface area contributed by atoms with Crippen LogP contribution >= 0.6 is 46.4 Å². The predicted octanol–water partition coefficient (Wildman–Crippen LogP) is 2.34. The van der Waals surface area contributed by atoms with E-state index in [2.05, 4.69) is 0 Å². The van der Waals surface area contributed by atoms with Crippen molar-refractivity contribution in [3.63, 3.8) is 0 Å². The summed E-state index contributed by atoms with van der Waals surface area (Å²) in [6.07, 6.45) is 0. The number of nitrogens with zero attached hydrogens (tertiary/aromatic N) is 1. The largest absolute Gasteiger partial charge is 0.480 e. The van der Waals surface area contributed by atoms with Crippen LogP contribution in [0.4, 0.5) is 0 Å². The Morgan fingerprint density at radius 2 is 1.33 bits per heavy atom. The summed E-state index contributed by atoms with van der Waals surface area (Å²) in [7, 11) is 0. The van der Waals surface area contributed by atoms with E-state index in [1.54, 1.807) is 0 Å². The van der Waals surface area contributed by atoms with Gasteiger partial charge in [0.05, 0.1) is 37.8 Å². The zero-order valence-corrected chi connectivity index (χ0v) is 12.9. The Bertz CT molecular complexity index is 643. The molecular weight excluding hydrogens is 368 g/mol. The number of aliphatic hydroxyl groups is 1. The highest BCUT2D eigenvalue weighted by Gasteiger charge is 2.46. The summed E-state index contributed by atoms with van der Waals surface area (Å²) < 4.78 is 0. The van der Waals surface area contributed by atoms with E-state index in [4.69, 9.17) is 56.6 Å². The quantitative estimate of drug-likeness (QED) is 0.482. The molecule has 2 N–H and O–H groups in total. The van der Waals surface area contributed by atoms with Gasteiger partial charge in [-0.1, -0.05) is 46.4 Å². The van der Waals surface area contributed by atoms with E-state index >= 15 is 0 Å². The minimum atomic E-state index is -1.76. The Morgan fingerprint density at radius 3 is 1.62 bits per heavy atom. The zero-order valence-electron chi connectivity index (χ0n) is 9.86. The highest BCUT2D eigenvalue weighted by Crippen LogP contribution is 2.45. The lowest BCUT2D eigenvalue weighted by molar-refractivity contribution is -0.142. The van der Waals surface area contributed by atoms with Gasteiger partial charge in [-0.25, -0.2) is 4.79 Å². The van der Waals surface area contributed by atoms with Crippen LogP contribution in [0.2, 0.25) is 20.1 Å². The first-order valence-corrected chi connectivity index (χ1v) is 6.82. The summed E-state index contributed by atoms with van der Waals surface area (Å²) in [6.45, 7) is -0.961. The van der Waals surface area contributed by atoms with E-state index in [1.807, 2.05) is 0 Å². The number of halogens is 4. The number of hydrogen-bond donors (Lipinski definition) is 2. The molecule has 1 aliphatic rings. The van der Waals surface area contributed by atoms with E-state index in [0.717, 1.165) is 0 Å². The second kappa shape index (κ2) is 5.62. The number of aliphatic carboxylic acids is 1. The van der Waals surface area contributed by atoms with Gasteiger partial charge in [-0.05, 0) is 0 Å². The fourth-order valence-electron chi connectivity index (χ4n) is 1.92. The molecule has 0 bridgehead atoms. The van der Waals surface area contributed by atoms with Crippen molar-refractivity contribution >= 4 is 64.2 Å². The molecule has 10 heteroatoms. The molecule has 0 saturated heterocycles. The number of carbonyl (C=O) groups excluding carboxylic acids is 2. The van der Waals surface area contributed by atoms with Gasteiger partial charge in [-0.2, -0.15) is 0 Å². The highest BCUT2D eigenvalue weighted by atomic mass is 35.5. The van der Waals surface area contributed by atoms with Gasteiger partial charge in [0.15, 0.2) is 6.04 Å². The molecule has 1 unspecified atom stereocenters. The third-order valence-electron chi connectivity index (χ3n) is 2.90. The molecule has 6 nitrogen and oxygen atoms in total. The van der Waals surface area contributed by atoms with Crippen molar-refractivity contribution in [1.29, 1.82) is 0 Å². The van der Waals surface area contributed by atoms with Crippen molar-refractivity contribution in [2.45, 2.75) is 6.04 Å². The van der Waals surface area contributed by atoms with Crippen molar-refractivity contribution in [2.24, 2.45) is 0 Å². The van der Waals surface area contributed by atoms with Crippen LogP contribution < -0.4 is 0 Å². The molecule has 0 spiro atoms. The molecule has 1 aromatic carbocycles. The molecule has 1 heterocycles. The third kappa shape index (κ3) is 2.27. The minimum absolute atomic E-state index is 0.221. The van der Waals surface area contributed by atoms with Gasteiger partial charge in [0.25, 0.3) is 11.8 Å². The molecule has 0 aromatic heterocycles. The number of carbonyl (C=O) groups is 3. The van der Waals surface area contributed by atoms with Crippen LogP contribution in [0.3, 0.4) is 0 Å². The normalized spacial score (nSPS) is 15.4. The third-order valence-corrected chi connectivity index (χ3v) is 4.70. The van der Waals surface area contributed by atoms with Crippen molar-refractivity contribution < 1.29 is 24.6 Å². The fourth-order valence-corrected chi connectivity index (χ4v) is 2.93. The number of carboxylic acids is 1. The van der Waals surface area contributed by atoms with Gasteiger partial charge in [0.1, 0.15) is 0 Å².